The summed E-state index contributed by atoms with van der Waals surface area (Å²) in [6.07, 6.45) is 17.1. The highest BCUT2D eigenvalue weighted by Gasteiger charge is 2.30. The molecule has 1 aromatic heterocycles. The summed E-state index contributed by atoms with van der Waals surface area (Å²) in [5.41, 5.74) is 11.7. The number of allylic oxidation sites excluding steroid dienone is 6. The first-order valence-corrected chi connectivity index (χ1v) is 17.5. The molecule has 1 atom stereocenters. The molecule has 3 aliphatic carbocycles. The van der Waals surface area contributed by atoms with E-state index in [1.54, 1.807) is 0 Å². The van der Waals surface area contributed by atoms with Crippen molar-refractivity contribution in [2.75, 3.05) is 0 Å². The van der Waals surface area contributed by atoms with Crippen molar-refractivity contribution in [2.24, 2.45) is 0 Å². The minimum Gasteiger partial charge on any atom is -0.456 e. The molecule has 0 fully saturated rings. The van der Waals surface area contributed by atoms with Gasteiger partial charge in [-0.3, -0.25) is 0 Å². The maximum atomic E-state index is 6.56. The molecule has 0 saturated carbocycles. The second kappa shape index (κ2) is 10.3. The highest BCUT2D eigenvalue weighted by Crippen LogP contribution is 2.49. The van der Waals surface area contributed by atoms with E-state index in [0.717, 1.165) is 30.6 Å². The zero-order valence-corrected chi connectivity index (χ0v) is 27.0. The standard InChI is InChI=1S/C48H32O/c1-3-11-35-29(9-1)27-43(41-15-7-5-13-39(35)41)33-17-21-37-31(25-33)19-23-45-47(37)48-38-22-18-34(26-32(38)20-24-46(48)49-45)44-28-30-10-2-4-12-36(30)40-14-6-8-16-42(40)44/h1-5,7-13,15-20,22-28,37H,6,14,21H2. The van der Waals surface area contributed by atoms with Gasteiger partial charge in [0.25, 0.3) is 0 Å². The fraction of sp³-hybridized carbons (Fsp3) is 0.0833. The number of fused-ring (bicyclic) bond motifs is 13. The maximum absolute atomic E-state index is 6.56. The molecule has 49 heavy (non-hydrogen) atoms. The smallest absolute Gasteiger partial charge is 0.135 e. The van der Waals surface area contributed by atoms with Crippen molar-refractivity contribution in [2.45, 2.75) is 25.2 Å². The van der Waals surface area contributed by atoms with E-state index in [9.17, 15) is 0 Å². The van der Waals surface area contributed by atoms with E-state index < -0.39 is 0 Å². The maximum Gasteiger partial charge on any atom is 0.135 e. The van der Waals surface area contributed by atoms with E-state index in [1.807, 2.05) is 0 Å². The first-order chi connectivity index (χ1) is 24.3. The first-order valence-electron chi connectivity index (χ1n) is 17.5. The van der Waals surface area contributed by atoms with Gasteiger partial charge < -0.3 is 4.42 Å². The van der Waals surface area contributed by atoms with Gasteiger partial charge in [-0.05, 0) is 132 Å². The Morgan fingerprint density at radius 2 is 1.35 bits per heavy atom. The third-order valence-electron chi connectivity index (χ3n) is 11.2. The summed E-state index contributed by atoms with van der Waals surface area (Å²) in [5, 5.41) is 11.7. The van der Waals surface area contributed by atoms with Gasteiger partial charge >= 0.3 is 0 Å². The number of benzene rings is 7. The van der Waals surface area contributed by atoms with E-state index in [-0.39, 0.29) is 5.92 Å². The number of hydrogen-bond donors (Lipinski definition) is 0. The van der Waals surface area contributed by atoms with Gasteiger partial charge in [-0.25, -0.2) is 0 Å². The SMILES string of the molecule is C1=Cc2c(-c3ccc4c(ccc5oc6c(c54)C4CC=C(c5cc7ccccc7c7ccccc57)C=C4C=C6)c3)cc3ccccc3c2CC1. The van der Waals surface area contributed by atoms with Crippen LogP contribution in [-0.2, 0) is 6.42 Å². The summed E-state index contributed by atoms with van der Waals surface area (Å²) in [4.78, 5) is 0. The van der Waals surface area contributed by atoms with Gasteiger partial charge in [-0.15, -0.1) is 0 Å². The summed E-state index contributed by atoms with van der Waals surface area (Å²) < 4.78 is 6.56. The summed E-state index contributed by atoms with van der Waals surface area (Å²) in [5.74, 6) is 1.26. The average molecular weight is 625 g/mol. The van der Waals surface area contributed by atoms with Crippen molar-refractivity contribution in [1.29, 1.82) is 0 Å². The average Bonchev–Trinajstić information content (AvgIpc) is 3.57. The second-order valence-corrected chi connectivity index (χ2v) is 13.8. The topological polar surface area (TPSA) is 13.1 Å². The molecule has 11 rings (SSSR count). The molecule has 1 heteroatoms. The van der Waals surface area contributed by atoms with Crippen LogP contribution in [0.2, 0.25) is 0 Å². The number of furan rings is 1. The lowest BCUT2D eigenvalue weighted by Gasteiger charge is -2.26. The third kappa shape index (κ3) is 3.99. The lowest BCUT2D eigenvalue weighted by Crippen LogP contribution is -2.08. The molecular weight excluding hydrogens is 593 g/mol. The summed E-state index contributed by atoms with van der Waals surface area (Å²) in [6.45, 7) is 0. The quantitative estimate of drug-likeness (QED) is 0.174. The molecule has 0 radical (unpaired) electrons. The minimum absolute atomic E-state index is 0.264. The molecule has 1 unspecified atom stereocenters. The number of hydrogen-bond acceptors (Lipinski definition) is 1. The predicted molar refractivity (Wildman–Crippen MR) is 208 cm³/mol. The summed E-state index contributed by atoms with van der Waals surface area (Å²) in [7, 11) is 0. The largest absolute Gasteiger partial charge is 0.456 e. The molecule has 0 saturated heterocycles. The summed E-state index contributed by atoms with van der Waals surface area (Å²) >= 11 is 0. The molecule has 3 aliphatic rings. The fourth-order valence-electron chi connectivity index (χ4n) is 8.99. The normalized spacial score (nSPS) is 16.6. The molecule has 230 valence electrons. The molecule has 7 aromatic carbocycles. The van der Waals surface area contributed by atoms with Gasteiger partial charge in [-0.2, -0.15) is 0 Å². The van der Waals surface area contributed by atoms with Crippen LogP contribution in [0.4, 0.5) is 0 Å². The number of rotatable bonds is 2. The number of aryl methyl sites for hydroxylation is 1. The molecule has 8 aromatic rings. The van der Waals surface area contributed by atoms with Crippen LogP contribution < -0.4 is 0 Å². The highest BCUT2D eigenvalue weighted by molar-refractivity contribution is 6.13. The van der Waals surface area contributed by atoms with E-state index in [4.69, 9.17) is 4.42 Å². The summed E-state index contributed by atoms with van der Waals surface area (Å²) in [6, 6.07) is 42.7. The van der Waals surface area contributed by atoms with Crippen molar-refractivity contribution in [3.05, 3.63) is 173 Å². The first kappa shape index (κ1) is 27.1. The molecule has 0 bridgehead atoms. The molecular formula is C48H32O. The Hall–Kier alpha value is -5.92. The van der Waals surface area contributed by atoms with E-state index in [0.29, 0.717) is 0 Å². The van der Waals surface area contributed by atoms with Crippen LogP contribution in [0, 0.1) is 0 Å². The van der Waals surface area contributed by atoms with Crippen LogP contribution in [0.5, 0.6) is 0 Å². The van der Waals surface area contributed by atoms with Gasteiger partial charge in [0.1, 0.15) is 11.3 Å². The van der Waals surface area contributed by atoms with Crippen LogP contribution >= 0.6 is 0 Å². The fourth-order valence-corrected chi connectivity index (χ4v) is 8.99. The van der Waals surface area contributed by atoms with E-state index in [1.165, 1.54) is 93.0 Å². The second-order valence-electron chi connectivity index (χ2n) is 13.8. The molecule has 0 amide bonds. The Balaban J connectivity index is 1.04. The van der Waals surface area contributed by atoms with Crippen LogP contribution in [0.3, 0.4) is 0 Å². The monoisotopic (exact) mass is 624 g/mol. The van der Waals surface area contributed by atoms with Gasteiger partial charge in [0.05, 0.1) is 0 Å². The van der Waals surface area contributed by atoms with Gasteiger partial charge in [0.2, 0.25) is 0 Å². The predicted octanol–water partition coefficient (Wildman–Crippen LogP) is 13.2. The van der Waals surface area contributed by atoms with Crippen LogP contribution in [0.1, 0.15) is 46.8 Å². The van der Waals surface area contributed by atoms with Crippen molar-refractivity contribution < 1.29 is 4.42 Å². The zero-order valence-electron chi connectivity index (χ0n) is 27.0. The Kier molecular flexibility index (Phi) is 5.68. The molecule has 0 aliphatic heterocycles. The van der Waals surface area contributed by atoms with E-state index >= 15 is 0 Å². The van der Waals surface area contributed by atoms with Crippen molar-refractivity contribution in [1.82, 2.24) is 0 Å². The lowest BCUT2D eigenvalue weighted by atomic mass is 9.77. The Morgan fingerprint density at radius 3 is 2.24 bits per heavy atom. The Morgan fingerprint density at radius 1 is 0.592 bits per heavy atom. The third-order valence-corrected chi connectivity index (χ3v) is 11.2. The molecule has 0 N–H and O–H groups in total. The van der Waals surface area contributed by atoms with Gasteiger partial charge in [0, 0.05) is 16.9 Å². The van der Waals surface area contributed by atoms with Gasteiger partial charge in [-0.1, -0.05) is 121 Å². The Bertz CT molecular complexity index is 2850. The Labute approximate surface area is 284 Å². The van der Waals surface area contributed by atoms with Crippen molar-refractivity contribution >= 4 is 71.8 Å². The molecule has 1 heterocycles. The van der Waals surface area contributed by atoms with Crippen LogP contribution in [0.25, 0.3) is 82.9 Å². The van der Waals surface area contributed by atoms with Crippen molar-refractivity contribution in [3.63, 3.8) is 0 Å². The lowest BCUT2D eigenvalue weighted by molar-refractivity contribution is 0.591. The van der Waals surface area contributed by atoms with E-state index in [2.05, 4.69) is 152 Å². The van der Waals surface area contributed by atoms with Crippen LogP contribution in [0.15, 0.2) is 150 Å². The molecule has 1 nitrogen and oxygen atoms in total. The van der Waals surface area contributed by atoms with Crippen LogP contribution in [-0.4, -0.2) is 0 Å². The zero-order chi connectivity index (χ0) is 32.1. The van der Waals surface area contributed by atoms with Crippen molar-refractivity contribution in [3.8, 4) is 11.1 Å². The highest BCUT2D eigenvalue weighted by atomic mass is 16.3. The van der Waals surface area contributed by atoms with Gasteiger partial charge in [0.15, 0.2) is 0 Å². The minimum atomic E-state index is 0.264. The molecule has 0 spiro atoms.